The number of aromatic nitrogens is 1. The van der Waals surface area contributed by atoms with Gasteiger partial charge in [0.1, 0.15) is 6.54 Å². The van der Waals surface area contributed by atoms with Gasteiger partial charge in [0.15, 0.2) is 6.04 Å². The van der Waals surface area contributed by atoms with Crippen LogP contribution < -0.4 is 4.90 Å². The minimum atomic E-state index is -0.419. The summed E-state index contributed by atoms with van der Waals surface area (Å²) in [5.74, 6) is -0.419. The molecule has 0 fully saturated rings. The van der Waals surface area contributed by atoms with E-state index < -0.39 is 5.97 Å². The predicted molar refractivity (Wildman–Crippen MR) is 92.4 cm³/mol. The fourth-order valence-electron chi connectivity index (χ4n) is 2.92. The lowest BCUT2D eigenvalue weighted by Crippen LogP contribution is -3.12. The number of hydrogen-bond acceptors (Lipinski definition) is 3. The molecule has 0 aliphatic rings. The Morgan fingerprint density at radius 1 is 1.21 bits per heavy atom. The Labute approximate surface area is 142 Å². The molecule has 24 heavy (non-hydrogen) atoms. The molecular formula is C19H25N2O3+. The highest BCUT2D eigenvalue weighted by Crippen LogP contribution is 2.19. The number of hydrogen-bond donors (Lipinski definition) is 2. The molecule has 1 heterocycles. The Bertz CT molecular complexity index is 735. The van der Waals surface area contributed by atoms with Crippen molar-refractivity contribution < 1.29 is 19.2 Å². The van der Waals surface area contributed by atoms with Gasteiger partial charge in [-0.25, -0.2) is 4.79 Å². The van der Waals surface area contributed by atoms with Gasteiger partial charge in [0.05, 0.1) is 25.4 Å². The number of esters is 1. The lowest BCUT2D eigenvalue weighted by atomic mass is 10.0. The molecule has 2 rings (SSSR count). The van der Waals surface area contributed by atoms with Crippen molar-refractivity contribution in [1.29, 1.82) is 0 Å². The van der Waals surface area contributed by atoms with Gasteiger partial charge in [0, 0.05) is 11.3 Å². The van der Waals surface area contributed by atoms with Crippen molar-refractivity contribution in [3.05, 3.63) is 58.4 Å². The zero-order valence-electron chi connectivity index (χ0n) is 14.9. The molecule has 0 radical (unpaired) electrons. The lowest BCUT2D eigenvalue weighted by molar-refractivity contribution is -0.907. The van der Waals surface area contributed by atoms with E-state index in [-0.39, 0.29) is 11.8 Å². The number of methoxy groups -OCH3 is 1. The molecule has 1 aromatic carbocycles. The van der Waals surface area contributed by atoms with Crippen LogP contribution in [0.3, 0.4) is 0 Å². The first-order chi connectivity index (χ1) is 11.4. The number of rotatable bonds is 6. The minimum Gasteiger partial charge on any atom is -0.465 e. The monoisotopic (exact) mass is 329 g/mol. The van der Waals surface area contributed by atoms with Gasteiger partial charge in [-0.3, -0.25) is 4.79 Å². The summed E-state index contributed by atoms with van der Waals surface area (Å²) in [5, 5.41) is 0. The SMILES string of the molecule is COC(=O)c1c(C)[nH]c(C(=O)[C@@H](C)[NH+](C)Cc2ccccc2)c1C. The number of aromatic amines is 1. The molecule has 2 aromatic rings. The first-order valence-corrected chi connectivity index (χ1v) is 8.04. The van der Waals surface area contributed by atoms with E-state index in [0.29, 0.717) is 22.5 Å². The maximum atomic E-state index is 12.9. The number of carbonyl (C=O) groups excluding carboxylic acids is 2. The van der Waals surface area contributed by atoms with Gasteiger partial charge in [0.2, 0.25) is 5.78 Å². The van der Waals surface area contributed by atoms with Crippen molar-refractivity contribution in [1.82, 2.24) is 4.98 Å². The molecule has 2 N–H and O–H groups in total. The number of nitrogens with one attached hydrogen (secondary N) is 2. The number of H-pyrrole nitrogens is 1. The summed E-state index contributed by atoms with van der Waals surface area (Å²) < 4.78 is 4.80. The van der Waals surface area contributed by atoms with Gasteiger partial charge in [-0.15, -0.1) is 0 Å². The van der Waals surface area contributed by atoms with Gasteiger partial charge in [-0.05, 0) is 26.3 Å². The smallest absolute Gasteiger partial charge is 0.339 e. The third-order valence-corrected chi connectivity index (χ3v) is 4.53. The van der Waals surface area contributed by atoms with E-state index in [1.165, 1.54) is 12.7 Å². The van der Waals surface area contributed by atoms with E-state index >= 15 is 0 Å². The van der Waals surface area contributed by atoms with Crippen LogP contribution in [0.1, 0.15) is 44.6 Å². The maximum Gasteiger partial charge on any atom is 0.339 e. The number of carbonyl (C=O) groups is 2. The highest BCUT2D eigenvalue weighted by Gasteiger charge is 2.29. The molecule has 1 aromatic heterocycles. The molecule has 0 saturated heterocycles. The number of benzene rings is 1. The van der Waals surface area contributed by atoms with Gasteiger partial charge in [0.25, 0.3) is 0 Å². The molecule has 0 aliphatic carbocycles. The molecule has 0 aliphatic heterocycles. The minimum absolute atomic E-state index is 0.000755. The first kappa shape index (κ1) is 17.9. The Kier molecular flexibility index (Phi) is 5.57. The van der Waals surface area contributed by atoms with E-state index in [0.717, 1.165) is 11.4 Å². The van der Waals surface area contributed by atoms with E-state index in [9.17, 15) is 9.59 Å². The van der Waals surface area contributed by atoms with Gasteiger partial charge < -0.3 is 14.6 Å². The molecule has 2 atom stereocenters. The number of likely N-dealkylation sites (N-methyl/N-ethyl adjacent to an activating group) is 1. The number of quaternary nitrogens is 1. The topological polar surface area (TPSA) is 63.6 Å². The van der Waals surface area contributed by atoms with E-state index in [1.807, 2.05) is 32.2 Å². The quantitative estimate of drug-likeness (QED) is 0.626. The summed E-state index contributed by atoms with van der Waals surface area (Å²) in [4.78, 5) is 28.9. The van der Waals surface area contributed by atoms with Crippen LogP contribution in [0, 0.1) is 13.8 Å². The zero-order chi connectivity index (χ0) is 17.9. The molecule has 0 amide bonds. The molecule has 5 heteroatoms. The van der Waals surface area contributed by atoms with Gasteiger partial charge >= 0.3 is 5.97 Å². The lowest BCUT2D eigenvalue weighted by Gasteiger charge is -2.20. The number of Topliss-reactive ketones (excluding diaryl/α,β-unsaturated/α-hetero) is 1. The molecule has 0 bridgehead atoms. The first-order valence-electron chi connectivity index (χ1n) is 8.04. The normalized spacial score (nSPS) is 13.4. The van der Waals surface area contributed by atoms with Crippen molar-refractivity contribution in [3.63, 3.8) is 0 Å². The van der Waals surface area contributed by atoms with Crippen LogP contribution >= 0.6 is 0 Å². The summed E-state index contributed by atoms with van der Waals surface area (Å²) in [6, 6.07) is 9.85. The summed E-state index contributed by atoms with van der Waals surface area (Å²) in [7, 11) is 3.35. The van der Waals surface area contributed by atoms with Crippen LogP contribution in [0.4, 0.5) is 0 Å². The van der Waals surface area contributed by atoms with Crippen LogP contribution in [-0.2, 0) is 11.3 Å². The van der Waals surface area contributed by atoms with Crippen molar-refractivity contribution >= 4 is 11.8 Å². The Morgan fingerprint density at radius 2 is 1.83 bits per heavy atom. The fourth-order valence-corrected chi connectivity index (χ4v) is 2.92. The zero-order valence-corrected chi connectivity index (χ0v) is 14.9. The molecular weight excluding hydrogens is 304 g/mol. The van der Waals surface area contributed by atoms with Crippen molar-refractivity contribution in [2.45, 2.75) is 33.4 Å². The van der Waals surface area contributed by atoms with Gasteiger partial charge in [-0.1, -0.05) is 30.3 Å². The number of aryl methyl sites for hydroxylation is 1. The van der Waals surface area contributed by atoms with E-state index in [4.69, 9.17) is 4.74 Å². The summed E-state index contributed by atoms with van der Waals surface area (Å²) in [6.07, 6.45) is 0. The second-order valence-corrected chi connectivity index (χ2v) is 6.21. The molecule has 0 spiro atoms. The fraction of sp³-hybridized carbons (Fsp3) is 0.368. The van der Waals surface area contributed by atoms with Crippen LogP contribution in [0.15, 0.2) is 30.3 Å². The van der Waals surface area contributed by atoms with Crippen LogP contribution in [0.2, 0.25) is 0 Å². The average Bonchev–Trinajstić information content (AvgIpc) is 2.88. The standard InChI is InChI=1S/C19H24N2O3/c1-12-16(19(23)24-5)13(2)20-17(12)18(22)14(3)21(4)11-15-9-7-6-8-10-15/h6-10,14,20H,11H2,1-5H3/p+1/t14-/m1/s1. The molecule has 1 unspecified atom stereocenters. The van der Waals surface area contributed by atoms with Crippen LogP contribution in [0.5, 0.6) is 0 Å². The summed E-state index contributed by atoms with van der Waals surface area (Å²) in [6.45, 7) is 6.23. The highest BCUT2D eigenvalue weighted by atomic mass is 16.5. The highest BCUT2D eigenvalue weighted by molar-refractivity contribution is 6.03. The van der Waals surface area contributed by atoms with Crippen LogP contribution in [-0.4, -0.2) is 36.9 Å². The van der Waals surface area contributed by atoms with E-state index in [2.05, 4.69) is 17.1 Å². The Morgan fingerprint density at radius 3 is 2.42 bits per heavy atom. The van der Waals surface area contributed by atoms with Gasteiger partial charge in [-0.2, -0.15) is 0 Å². The van der Waals surface area contributed by atoms with Crippen molar-refractivity contribution in [2.24, 2.45) is 0 Å². The third-order valence-electron chi connectivity index (χ3n) is 4.53. The van der Waals surface area contributed by atoms with Crippen molar-refractivity contribution in [2.75, 3.05) is 14.2 Å². The summed E-state index contributed by atoms with van der Waals surface area (Å²) >= 11 is 0. The predicted octanol–water partition coefficient (Wildman–Crippen LogP) is 1.70. The van der Waals surface area contributed by atoms with Crippen molar-refractivity contribution in [3.8, 4) is 0 Å². The number of ketones is 1. The average molecular weight is 329 g/mol. The maximum absolute atomic E-state index is 12.9. The Balaban J connectivity index is 2.20. The molecule has 5 nitrogen and oxygen atoms in total. The number of ether oxygens (including phenoxy) is 1. The van der Waals surface area contributed by atoms with Crippen LogP contribution in [0.25, 0.3) is 0 Å². The second-order valence-electron chi connectivity index (χ2n) is 6.21. The van der Waals surface area contributed by atoms with E-state index in [1.54, 1.807) is 13.8 Å². The Hall–Kier alpha value is -2.40. The summed E-state index contributed by atoms with van der Waals surface area (Å²) in [5.41, 5.74) is 3.45. The molecule has 128 valence electrons. The third kappa shape index (κ3) is 3.57. The molecule has 0 saturated carbocycles. The largest absolute Gasteiger partial charge is 0.465 e. The second kappa shape index (κ2) is 7.45.